The molecule has 0 aliphatic carbocycles. The normalized spacial score (nSPS) is 10.8. The topological polar surface area (TPSA) is 89.6 Å². The first kappa shape index (κ1) is 12.3. The van der Waals surface area contributed by atoms with Crippen LogP contribution < -0.4 is 0 Å². The van der Waals surface area contributed by atoms with Crippen LogP contribution in [0.2, 0.25) is 0 Å². The average Bonchev–Trinajstić information content (AvgIpc) is 2.70. The lowest BCUT2D eigenvalue weighted by molar-refractivity contribution is -0.143. The quantitative estimate of drug-likeness (QED) is 0.801. The highest BCUT2D eigenvalue weighted by molar-refractivity contribution is 5.69. The maximum atomic E-state index is 11.2. The van der Waals surface area contributed by atoms with Gasteiger partial charge in [0.1, 0.15) is 0 Å². The Morgan fingerprint density at radius 2 is 2.28 bits per heavy atom. The Morgan fingerprint density at radius 1 is 1.50 bits per heavy atom. The molecule has 2 aromatic rings. The van der Waals surface area contributed by atoms with Gasteiger partial charge in [0.25, 0.3) is 5.78 Å². The van der Waals surface area contributed by atoms with Crippen molar-refractivity contribution in [3.63, 3.8) is 0 Å². The third-order valence-electron chi connectivity index (χ3n) is 2.32. The number of esters is 1. The van der Waals surface area contributed by atoms with Crippen molar-refractivity contribution in [3.05, 3.63) is 17.6 Å². The molecule has 0 amide bonds. The van der Waals surface area contributed by atoms with E-state index in [1.807, 2.05) is 0 Å². The zero-order valence-corrected chi connectivity index (χ0v) is 10.3. The lowest BCUT2D eigenvalue weighted by Gasteiger charge is -1.98. The number of fused-ring (bicyclic) bond motifs is 1. The first-order valence-electron chi connectivity index (χ1n) is 5.68. The summed E-state index contributed by atoms with van der Waals surface area (Å²) in [4.78, 5) is 19.5. The Bertz CT molecular complexity index is 579. The number of carbonyl (C=O) groups is 1. The van der Waals surface area contributed by atoms with Gasteiger partial charge in [0.05, 0.1) is 13.0 Å². The van der Waals surface area contributed by atoms with Crippen molar-refractivity contribution in [3.8, 4) is 5.88 Å². The number of aromatic hydroxyl groups is 1. The van der Waals surface area contributed by atoms with E-state index in [9.17, 15) is 9.90 Å². The average molecular weight is 250 g/mol. The fraction of sp³-hybridized carbons (Fsp3) is 0.455. The van der Waals surface area contributed by atoms with Crippen LogP contribution in [-0.4, -0.2) is 37.3 Å². The number of carbonyl (C=O) groups excluding carboxylic acids is 1. The molecule has 0 fully saturated rings. The molecule has 0 aliphatic rings. The van der Waals surface area contributed by atoms with Crippen molar-refractivity contribution in [2.75, 3.05) is 6.61 Å². The zero-order valence-electron chi connectivity index (χ0n) is 10.3. The fourth-order valence-corrected chi connectivity index (χ4v) is 1.56. The summed E-state index contributed by atoms with van der Waals surface area (Å²) in [5.74, 6) is 0.472. The van der Waals surface area contributed by atoms with Crippen LogP contribution in [0.3, 0.4) is 0 Å². The summed E-state index contributed by atoms with van der Waals surface area (Å²) in [5.41, 5.74) is 0.657. The van der Waals surface area contributed by atoms with E-state index in [0.717, 1.165) is 0 Å². The van der Waals surface area contributed by atoms with Crippen molar-refractivity contribution in [1.82, 2.24) is 19.6 Å². The molecule has 2 heterocycles. The number of aryl methyl sites for hydroxylation is 2. The second-order valence-corrected chi connectivity index (χ2v) is 3.80. The summed E-state index contributed by atoms with van der Waals surface area (Å²) in [7, 11) is 0. The summed E-state index contributed by atoms with van der Waals surface area (Å²) in [6.07, 6.45) is 0.575. The van der Waals surface area contributed by atoms with Gasteiger partial charge in [-0.1, -0.05) is 0 Å². The van der Waals surface area contributed by atoms with E-state index in [-0.39, 0.29) is 18.3 Å². The SMILES string of the molecule is CCOC(=O)CCc1nc2nc(C)cc(O)n2n1. The number of hydrogen-bond donors (Lipinski definition) is 1. The molecule has 0 atom stereocenters. The fourth-order valence-electron chi connectivity index (χ4n) is 1.56. The van der Waals surface area contributed by atoms with Gasteiger partial charge in [-0.25, -0.2) is 4.98 Å². The van der Waals surface area contributed by atoms with E-state index in [1.54, 1.807) is 13.8 Å². The van der Waals surface area contributed by atoms with Crippen molar-refractivity contribution in [2.45, 2.75) is 26.7 Å². The molecule has 0 spiro atoms. The van der Waals surface area contributed by atoms with E-state index in [1.165, 1.54) is 10.6 Å². The summed E-state index contributed by atoms with van der Waals surface area (Å²) >= 11 is 0. The van der Waals surface area contributed by atoms with E-state index in [0.29, 0.717) is 30.3 Å². The molecule has 2 rings (SSSR count). The molecule has 7 nitrogen and oxygen atoms in total. The van der Waals surface area contributed by atoms with Crippen molar-refractivity contribution < 1.29 is 14.6 Å². The molecule has 0 aromatic carbocycles. The molecule has 0 bridgehead atoms. The van der Waals surface area contributed by atoms with E-state index in [2.05, 4.69) is 15.1 Å². The second kappa shape index (κ2) is 4.99. The van der Waals surface area contributed by atoms with Gasteiger partial charge in [0, 0.05) is 18.2 Å². The number of nitrogens with zero attached hydrogens (tertiary/aromatic N) is 4. The van der Waals surface area contributed by atoms with Gasteiger partial charge < -0.3 is 9.84 Å². The Morgan fingerprint density at radius 3 is 3.00 bits per heavy atom. The van der Waals surface area contributed by atoms with Crippen LogP contribution in [0.15, 0.2) is 6.07 Å². The highest BCUT2D eigenvalue weighted by atomic mass is 16.5. The van der Waals surface area contributed by atoms with Crippen molar-refractivity contribution in [2.24, 2.45) is 0 Å². The highest BCUT2D eigenvalue weighted by Gasteiger charge is 2.11. The molecule has 2 aromatic heterocycles. The summed E-state index contributed by atoms with van der Waals surface area (Å²) in [5, 5.41) is 13.7. The van der Waals surface area contributed by atoms with Gasteiger partial charge in [0.15, 0.2) is 5.82 Å². The van der Waals surface area contributed by atoms with Crippen LogP contribution >= 0.6 is 0 Å². The largest absolute Gasteiger partial charge is 0.493 e. The van der Waals surface area contributed by atoms with Crippen molar-refractivity contribution in [1.29, 1.82) is 0 Å². The molecule has 0 saturated carbocycles. The van der Waals surface area contributed by atoms with Crippen LogP contribution in [0.4, 0.5) is 0 Å². The smallest absolute Gasteiger partial charge is 0.306 e. The number of aromatic nitrogens is 4. The standard InChI is InChI=1S/C11H14N4O3/c1-3-18-10(17)5-4-8-13-11-12-7(2)6-9(16)15(11)14-8/h6,16H,3-5H2,1-2H3. The maximum Gasteiger partial charge on any atom is 0.306 e. The molecule has 18 heavy (non-hydrogen) atoms. The second-order valence-electron chi connectivity index (χ2n) is 3.80. The number of ether oxygens (including phenoxy) is 1. The van der Waals surface area contributed by atoms with Crippen LogP contribution in [0.5, 0.6) is 5.88 Å². The first-order valence-corrected chi connectivity index (χ1v) is 5.68. The summed E-state index contributed by atoms with van der Waals surface area (Å²) in [6, 6.07) is 1.50. The van der Waals surface area contributed by atoms with Gasteiger partial charge in [-0.2, -0.15) is 9.50 Å². The predicted octanol–water partition coefficient (Wildman–Crippen LogP) is 0.634. The van der Waals surface area contributed by atoms with E-state index >= 15 is 0 Å². The molecule has 0 radical (unpaired) electrons. The molecule has 0 aliphatic heterocycles. The number of rotatable bonds is 4. The van der Waals surface area contributed by atoms with Gasteiger partial charge in [-0.05, 0) is 13.8 Å². The zero-order chi connectivity index (χ0) is 13.1. The minimum atomic E-state index is -0.287. The maximum absolute atomic E-state index is 11.2. The van der Waals surface area contributed by atoms with Gasteiger partial charge in [-0.3, -0.25) is 4.79 Å². The molecule has 96 valence electrons. The van der Waals surface area contributed by atoms with Crippen LogP contribution in [0, 0.1) is 6.92 Å². The lowest BCUT2D eigenvalue weighted by Crippen LogP contribution is -2.05. The Labute approximate surface area is 103 Å². The highest BCUT2D eigenvalue weighted by Crippen LogP contribution is 2.12. The lowest BCUT2D eigenvalue weighted by atomic mass is 10.3. The van der Waals surface area contributed by atoms with Gasteiger partial charge >= 0.3 is 5.97 Å². The third-order valence-corrected chi connectivity index (χ3v) is 2.32. The van der Waals surface area contributed by atoms with Crippen LogP contribution in [-0.2, 0) is 16.0 Å². The first-order chi connectivity index (χ1) is 8.60. The minimum absolute atomic E-state index is 0.0209. The Kier molecular flexibility index (Phi) is 3.40. The Balaban J connectivity index is 2.15. The molecule has 7 heteroatoms. The van der Waals surface area contributed by atoms with Gasteiger partial charge in [-0.15, -0.1) is 5.10 Å². The van der Waals surface area contributed by atoms with Crippen LogP contribution in [0.25, 0.3) is 5.78 Å². The van der Waals surface area contributed by atoms with E-state index in [4.69, 9.17) is 4.74 Å². The monoisotopic (exact) mass is 250 g/mol. The summed E-state index contributed by atoms with van der Waals surface area (Å²) in [6.45, 7) is 3.87. The minimum Gasteiger partial charge on any atom is -0.493 e. The molecular weight excluding hydrogens is 236 g/mol. The van der Waals surface area contributed by atoms with Gasteiger partial charge in [0.2, 0.25) is 5.88 Å². The molecule has 1 N–H and O–H groups in total. The molecular formula is C11H14N4O3. The predicted molar refractivity (Wildman–Crippen MR) is 62.1 cm³/mol. The van der Waals surface area contributed by atoms with E-state index < -0.39 is 0 Å². The summed E-state index contributed by atoms with van der Waals surface area (Å²) < 4.78 is 6.06. The molecule has 0 unspecified atom stereocenters. The van der Waals surface area contributed by atoms with Crippen molar-refractivity contribution >= 4 is 11.7 Å². The molecule has 0 saturated heterocycles. The Hall–Kier alpha value is -2.18. The van der Waals surface area contributed by atoms with Crippen LogP contribution in [0.1, 0.15) is 24.9 Å². The third kappa shape index (κ3) is 2.55. The number of hydrogen-bond acceptors (Lipinski definition) is 6.